The molecule has 1 aliphatic rings. The molecule has 0 aliphatic carbocycles. The Bertz CT molecular complexity index is 498. The van der Waals surface area contributed by atoms with Crippen molar-refractivity contribution in [2.24, 2.45) is 0 Å². The van der Waals surface area contributed by atoms with Crippen LogP contribution in [0.3, 0.4) is 0 Å². The Morgan fingerprint density at radius 1 is 1.23 bits per heavy atom. The van der Waals surface area contributed by atoms with Gasteiger partial charge in [-0.15, -0.1) is 24.2 Å². The van der Waals surface area contributed by atoms with Gasteiger partial charge in [0, 0.05) is 30.7 Å². The first kappa shape index (κ1) is 19.0. The second-order valence-corrected chi connectivity index (χ2v) is 6.34. The van der Waals surface area contributed by atoms with E-state index in [0.29, 0.717) is 23.1 Å². The molecule has 0 saturated carbocycles. The van der Waals surface area contributed by atoms with Crippen molar-refractivity contribution in [2.75, 3.05) is 24.6 Å². The number of thioether (sulfide) groups is 1. The smallest absolute Gasteiger partial charge is 0.232 e. The highest BCUT2D eigenvalue weighted by Gasteiger charge is 2.27. The Morgan fingerprint density at radius 3 is 2.59 bits per heavy atom. The van der Waals surface area contributed by atoms with E-state index in [9.17, 15) is 9.59 Å². The molecule has 2 rings (SSSR count). The number of nitrogens with one attached hydrogen (secondary N) is 1. The molecule has 0 spiro atoms. The van der Waals surface area contributed by atoms with Crippen molar-refractivity contribution in [1.82, 2.24) is 10.2 Å². The van der Waals surface area contributed by atoms with E-state index < -0.39 is 0 Å². The SMILES string of the molecule is CC1NCCN(C(=O)CSCC(=O)c2ccccc2)C1C.Cl. The van der Waals surface area contributed by atoms with Crippen molar-refractivity contribution in [3.05, 3.63) is 35.9 Å². The lowest BCUT2D eigenvalue weighted by Crippen LogP contribution is -2.57. The van der Waals surface area contributed by atoms with E-state index in [0.717, 1.165) is 13.1 Å². The third-order valence-corrected chi connectivity index (χ3v) is 4.83. The summed E-state index contributed by atoms with van der Waals surface area (Å²) in [5.41, 5.74) is 0.710. The minimum absolute atomic E-state index is 0. The van der Waals surface area contributed by atoms with Crippen LogP contribution >= 0.6 is 24.2 Å². The fourth-order valence-corrected chi connectivity index (χ4v) is 3.22. The van der Waals surface area contributed by atoms with Crippen LogP contribution in [0.1, 0.15) is 24.2 Å². The molecule has 122 valence electrons. The van der Waals surface area contributed by atoms with Gasteiger partial charge in [0.1, 0.15) is 0 Å². The highest BCUT2D eigenvalue weighted by atomic mass is 35.5. The average molecular weight is 343 g/mol. The first-order valence-electron chi connectivity index (χ1n) is 7.28. The molecule has 1 aromatic rings. The van der Waals surface area contributed by atoms with Crippen LogP contribution in [0.5, 0.6) is 0 Å². The predicted octanol–water partition coefficient (Wildman–Crippen LogP) is 2.23. The number of ketones is 1. The minimum atomic E-state index is 0. The van der Waals surface area contributed by atoms with Gasteiger partial charge in [0.2, 0.25) is 5.91 Å². The van der Waals surface area contributed by atoms with Gasteiger partial charge in [-0.05, 0) is 13.8 Å². The summed E-state index contributed by atoms with van der Waals surface area (Å²) in [4.78, 5) is 26.1. The zero-order valence-corrected chi connectivity index (χ0v) is 14.6. The predicted molar refractivity (Wildman–Crippen MR) is 94.0 cm³/mol. The van der Waals surface area contributed by atoms with Gasteiger partial charge in [0.05, 0.1) is 11.5 Å². The van der Waals surface area contributed by atoms with Gasteiger partial charge in [-0.2, -0.15) is 0 Å². The summed E-state index contributed by atoms with van der Waals surface area (Å²) in [5, 5.41) is 3.36. The molecule has 0 bridgehead atoms. The topological polar surface area (TPSA) is 49.4 Å². The molecule has 1 heterocycles. The summed E-state index contributed by atoms with van der Waals surface area (Å²) in [5.74, 6) is 0.929. The number of halogens is 1. The summed E-state index contributed by atoms with van der Waals surface area (Å²) in [6, 6.07) is 9.74. The van der Waals surface area contributed by atoms with E-state index in [1.807, 2.05) is 35.2 Å². The highest BCUT2D eigenvalue weighted by molar-refractivity contribution is 8.00. The van der Waals surface area contributed by atoms with Crippen molar-refractivity contribution in [2.45, 2.75) is 25.9 Å². The van der Waals surface area contributed by atoms with Crippen molar-refractivity contribution >= 4 is 35.9 Å². The summed E-state index contributed by atoms with van der Waals surface area (Å²) >= 11 is 1.40. The van der Waals surface area contributed by atoms with Gasteiger partial charge in [-0.25, -0.2) is 0 Å². The van der Waals surface area contributed by atoms with Gasteiger partial charge in [0.25, 0.3) is 0 Å². The Hall–Kier alpha value is -1.04. The maximum absolute atomic E-state index is 12.2. The molecular weight excluding hydrogens is 320 g/mol. The van der Waals surface area contributed by atoms with Crippen molar-refractivity contribution < 1.29 is 9.59 Å². The largest absolute Gasteiger partial charge is 0.336 e. The Balaban J connectivity index is 0.00000242. The van der Waals surface area contributed by atoms with Gasteiger partial charge in [-0.1, -0.05) is 30.3 Å². The van der Waals surface area contributed by atoms with Crippen molar-refractivity contribution in [3.8, 4) is 0 Å². The van der Waals surface area contributed by atoms with E-state index in [-0.39, 0.29) is 30.1 Å². The summed E-state index contributed by atoms with van der Waals surface area (Å²) in [7, 11) is 0. The number of Topliss-reactive ketones (excluding diaryl/α,β-unsaturated/α-hetero) is 1. The van der Waals surface area contributed by atoms with Crippen LogP contribution in [0.2, 0.25) is 0 Å². The zero-order chi connectivity index (χ0) is 15.2. The maximum Gasteiger partial charge on any atom is 0.232 e. The average Bonchev–Trinajstić information content (AvgIpc) is 2.50. The standard InChI is InChI=1S/C16H22N2O2S.ClH/c1-12-13(2)18(9-8-17-12)16(20)11-21-10-15(19)14-6-4-3-5-7-14;/h3-7,12-13,17H,8-11H2,1-2H3;1H. The van der Waals surface area contributed by atoms with E-state index in [1.165, 1.54) is 11.8 Å². The number of piperazine rings is 1. The van der Waals surface area contributed by atoms with E-state index in [2.05, 4.69) is 19.2 Å². The summed E-state index contributed by atoms with van der Waals surface area (Å²) < 4.78 is 0. The van der Waals surface area contributed by atoms with Crippen LogP contribution < -0.4 is 5.32 Å². The van der Waals surface area contributed by atoms with Crippen LogP contribution in [-0.2, 0) is 4.79 Å². The number of carbonyl (C=O) groups is 2. The first-order chi connectivity index (χ1) is 10.1. The van der Waals surface area contributed by atoms with Gasteiger partial charge in [0.15, 0.2) is 5.78 Å². The molecule has 2 unspecified atom stereocenters. The Kier molecular flexibility index (Phi) is 7.93. The van der Waals surface area contributed by atoms with Gasteiger partial charge < -0.3 is 10.2 Å². The fraction of sp³-hybridized carbons (Fsp3) is 0.500. The number of nitrogens with zero attached hydrogens (tertiary/aromatic N) is 1. The third-order valence-electron chi connectivity index (χ3n) is 3.91. The number of amides is 1. The molecule has 1 fully saturated rings. The zero-order valence-electron chi connectivity index (χ0n) is 13.0. The van der Waals surface area contributed by atoms with Crippen LogP contribution in [0.15, 0.2) is 30.3 Å². The van der Waals surface area contributed by atoms with Crippen LogP contribution in [0.4, 0.5) is 0 Å². The number of rotatable bonds is 5. The molecule has 1 N–H and O–H groups in total. The second-order valence-electron chi connectivity index (χ2n) is 5.35. The molecule has 22 heavy (non-hydrogen) atoms. The molecule has 1 aromatic carbocycles. The number of hydrogen-bond acceptors (Lipinski definition) is 4. The van der Waals surface area contributed by atoms with Crippen molar-refractivity contribution in [1.29, 1.82) is 0 Å². The third kappa shape index (κ3) is 5.00. The fourth-order valence-electron chi connectivity index (χ4n) is 2.43. The lowest BCUT2D eigenvalue weighted by atomic mass is 10.1. The monoisotopic (exact) mass is 342 g/mol. The quantitative estimate of drug-likeness (QED) is 0.834. The van der Waals surface area contributed by atoms with Crippen LogP contribution in [0.25, 0.3) is 0 Å². The lowest BCUT2D eigenvalue weighted by molar-refractivity contribution is -0.131. The lowest BCUT2D eigenvalue weighted by Gasteiger charge is -2.38. The van der Waals surface area contributed by atoms with E-state index in [1.54, 1.807) is 0 Å². The number of carbonyl (C=O) groups excluding carboxylic acids is 2. The second kappa shape index (κ2) is 9.18. The Morgan fingerprint density at radius 2 is 1.91 bits per heavy atom. The number of hydrogen-bond donors (Lipinski definition) is 1. The molecule has 4 nitrogen and oxygen atoms in total. The van der Waals surface area contributed by atoms with Gasteiger partial charge >= 0.3 is 0 Å². The number of benzene rings is 1. The van der Waals surface area contributed by atoms with Crippen molar-refractivity contribution in [3.63, 3.8) is 0 Å². The molecule has 0 radical (unpaired) electrons. The minimum Gasteiger partial charge on any atom is -0.336 e. The highest BCUT2D eigenvalue weighted by Crippen LogP contribution is 2.13. The molecule has 6 heteroatoms. The summed E-state index contributed by atoms with van der Waals surface area (Å²) in [6.45, 7) is 5.74. The van der Waals surface area contributed by atoms with E-state index in [4.69, 9.17) is 0 Å². The van der Waals surface area contributed by atoms with Gasteiger partial charge in [-0.3, -0.25) is 9.59 Å². The summed E-state index contributed by atoms with van der Waals surface area (Å²) in [6.07, 6.45) is 0. The molecule has 1 aliphatic heterocycles. The molecule has 1 amide bonds. The molecule has 2 atom stereocenters. The van der Waals surface area contributed by atoms with Crippen LogP contribution in [-0.4, -0.2) is 53.3 Å². The van der Waals surface area contributed by atoms with Crippen LogP contribution in [0, 0.1) is 0 Å². The molecule has 1 saturated heterocycles. The molecular formula is C16H23ClN2O2S. The normalized spacial score (nSPS) is 21.1. The molecule has 0 aromatic heterocycles. The maximum atomic E-state index is 12.2. The van der Waals surface area contributed by atoms with E-state index >= 15 is 0 Å². The first-order valence-corrected chi connectivity index (χ1v) is 8.44. The Labute approximate surface area is 142 Å².